The zero-order valence-electron chi connectivity index (χ0n) is 18.4. The van der Waals surface area contributed by atoms with Gasteiger partial charge in [0.2, 0.25) is 11.8 Å². The van der Waals surface area contributed by atoms with Crippen molar-refractivity contribution in [2.24, 2.45) is 11.8 Å². The largest absolute Gasteiger partial charge is 0.333 e. The lowest BCUT2D eigenvalue weighted by molar-refractivity contribution is -0.136. The molecule has 6 nitrogen and oxygen atoms in total. The van der Waals surface area contributed by atoms with Crippen LogP contribution in [0.3, 0.4) is 0 Å². The Morgan fingerprint density at radius 2 is 1.93 bits per heavy atom. The summed E-state index contributed by atoms with van der Waals surface area (Å²) in [5.41, 5.74) is 1.33. The molecule has 1 fully saturated rings. The van der Waals surface area contributed by atoms with Crippen LogP contribution in [0.15, 0.2) is 30.3 Å². The molecule has 0 radical (unpaired) electrons. The van der Waals surface area contributed by atoms with Crippen LogP contribution in [-0.4, -0.2) is 39.6 Å². The highest BCUT2D eigenvalue weighted by molar-refractivity contribution is 6.32. The third-order valence-corrected chi connectivity index (χ3v) is 5.30. The summed E-state index contributed by atoms with van der Waals surface area (Å²) in [7, 11) is 0. The number of rotatable bonds is 7. The van der Waals surface area contributed by atoms with Gasteiger partial charge in [0.05, 0.1) is 22.9 Å². The summed E-state index contributed by atoms with van der Waals surface area (Å²) in [4.78, 5) is 27.2. The molecular weight excluding hydrogens is 400 g/mol. The number of halogens is 1. The second-order valence-electron chi connectivity index (χ2n) is 9.46. The number of anilines is 1. The van der Waals surface area contributed by atoms with E-state index >= 15 is 0 Å². The van der Waals surface area contributed by atoms with Crippen LogP contribution >= 0.6 is 11.6 Å². The highest BCUT2D eigenvalue weighted by Crippen LogP contribution is 2.32. The molecule has 0 atom stereocenters. The van der Waals surface area contributed by atoms with Gasteiger partial charge >= 0.3 is 0 Å². The van der Waals surface area contributed by atoms with Gasteiger partial charge in [-0.1, -0.05) is 58.4 Å². The maximum Gasteiger partial charge on any atom is 0.245 e. The molecule has 2 aromatic rings. The molecule has 1 N–H and O–H groups in total. The van der Waals surface area contributed by atoms with E-state index in [1.165, 1.54) is 0 Å². The van der Waals surface area contributed by atoms with Crippen LogP contribution in [0, 0.1) is 11.8 Å². The highest BCUT2D eigenvalue weighted by Gasteiger charge is 2.34. The fraction of sp³-hybridized carbons (Fsp3) is 0.522. The second kappa shape index (κ2) is 8.80. The number of aromatic nitrogens is 2. The lowest BCUT2D eigenvalue weighted by atomic mass is 9.92. The van der Waals surface area contributed by atoms with Gasteiger partial charge in [-0.3, -0.25) is 9.59 Å². The number of nitrogens with one attached hydrogen (secondary N) is 1. The molecule has 1 aliphatic rings. The number of hydrogen-bond acceptors (Lipinski definition) is 3. The average molecular weight is 431 g/mol. The lowest BCUT2D eigenvalue weighted by Crippen LogP contribution is -2.41. The highest BCUT2D eigenvalue weighted by atomic mass is 35.5. The molecule has 7 heteroatoms. The van der Waals surface area contributed by atoms with Gasteiger partial charge < -0.3 is 10.2 Å². The first-order chi connectivity index (χ1) is 14.1. The summed E-state index contributed by atoms with van der Waals surface area (Å²) in [5.74, 6) is 0.757. The van der Waals surface area contributed by atoms with Crippen LogP contribution in [-0.2, 0) is 15.0 Å². The van der Waals surface area contributed by atoms with E-state index in [9.17, 15) is 9.59 Å². The Morgan fingerprint density at radius 3 is 2.50 bits per heavy atom. The van der Waals surface area contributed by atoms with E-state index < -0.39 is 0 Å². The van der Waals surface area contributed by atoms with Gasteiger partial charge in [-0.05, 0) is 30.9 Å². The molecule has 0 spiro atoms. The Bertz CT molecular complexity index is 926. The Morgan fingerprint density at radius 1 is 1.27 bits per heavy atom. The van der Waals surface area contributed by atoms with Crippen LogP contribution in [0.25, 0.3) is 5.69 Å². The number of hydrogen-bond donors (Lipinski definition) is 1. The van der Waals surface area contributed by atoms with E-state index in [0.717, 1.165) is 18.5 Å². The Balaban J connectivity index is 1.85. The molecule has 1 aromatic carbocycles. The number of carbonyl (C=O) groups excluding carboxylic acids is 2. The van der Waals surface area contributed by atoms with Gasteiger partial charge in [-0.15, -0.1) is 0 Å². The molecular formula is C23H31ClN4O2. The number of nitrogens with zero attached hydrogens (tertiary/aromatic N) is 3. The molecule has 0 unspecified atom stereocenters. The van der Waals surface area contributed by atoms with E-state index in [0.29, 0.717) is 29.0 Å². The second-order valence-corrected chi connectivity index (χ2v) is 9.87. The van der Waals surface area contributed by atoms with Crippen molar-refractivity contribution in [1.82, 2.24) is 14.7 Å². The maximum atomic E-state index is 12.9. The summed E-state index contributed by atoms with van der Waals surface area (Å²) in [6, 6.07) is 9.25. The minimum atomic E-state index is -0.238. The van der Waals surface area contributed by atoms with Crippen molar-refractivity contribution in [3.8, 4) is 5.69 Å². The molecule has 0 saturated heterocycles. The quantitative estimate of drug-likeness (QED) is 0.694. The Kier molecular flexibility index (Phi) is 6.56. The standard InChI is InChI=1S/C23H31ClN4O2/c1-15(2)13-27(22(30)16-10-11-16)14-21(29)25-20-12-19(23(3,4)5)26-28(20)18-9-7-6-8-17(18)24/h6-9,12,15-16H,10-11,13-14H2,1-5H3,(H,25,29). The van der Waals surface area contributed by atoms with Gasteiger partial charge in [0, 0.05) is 23.9 Å². The van der Waals surface area contributed by atoms with Crippen LogP contribution in [0.1, 0.15) is 53.2 Å². The zero-order valence-corrected chi connectivity index (χ0v) is 19.2. The van der Waals surface area contributed by atoms with E-state index in [1.54, 1.807) is 15.6 Å². The molecule has 30 heavy (non-hydrogen) atoms. The van der Waals surface area contributed by atoms with Crippen LogP contribution in [0.2, 0.25) is 5.02 Å². The molecule has 1 heterocycles. The van der Waals surface area contributed by atoms with Gasteiger partial charge in [-0.25, -0.2) is 4.68 Å². The molecule has 1 aromatic heterocycles. The third-order valence-electron chi connectivity index (χ3n) is 4.98. The number of amides is 2. The SMILES string of the molecule is CC(C)CN(CC(=O)Nc1cc(C(C)(C)C)nn1-c1ccccc1Cl)C(=O)C1CC1. The minimum Gasteiger partial charge on any atom is -0.333 e. The van der Waals surface area contributed by atoms with Gasteiger partial charge in [0.1, 0.15) is 5.82 Å². The molecule has 1 aliphatic carbocycles. The molecule has 0 bridgehead atoms. The van der Waals surface area contributed by atoms with Crippen LogP contribution < -0.4 is 5.32 Å². The first-order valence-electron chi connectivity index (χ1n) is 10.5. The predicted octanol–water partition coefficient (Wildman–Crippen LogP) is 4.66. The zero-order chi connectivity index (χ0) is 22.1. The molecule has 0 aliphatic heterocycles. The van der Waals surface area contributed by atoms with Crippen molar-refractivity contribution in [2.45, 2.75) is 52.9 Å². The van der Waals surface area contributed by atoms with E-state index in [4.69, 9.17) is 16.7 Å². The monoisotopic (exact) mass is 430 g/mol. The minimum absolute atomic E-state index is 0.0338. The molecule has 3 rings (SSSR count). The Hall–Kier alpha value is -2.34. The van der Waals surface area contributed by atoms with Crippen molar-refractivity contribution < 1.29 is 9.59 Å². The average Bonchev–Trinajstić information content (AvgIpc) is 3.40. The lowest BCUT2D eigenvalue weighted by Gasteiger charge is -2.24. The predicted molar refractivity (Wildman–Crippen MR) is 120 cm³/mol. The summed E-state index contributed by atoms with van der Waals surface area (Å²) >= 11 is 6.39. The number of carbonyl (C=O) groups is 2. The molecule has 1 saturated carbocycles. The van der Waals surface area contributed by atoms with Crippen molar-refractivity contribution in [3.05, 3.63) is 41.0 Å². The van der Waals surface area contributed by atoms with Gasteiger partial charge in [0.15, 0.2) is 0 Å². The van der Waals surface area contributed by atoms with E-state index in [-0.39, 0.29) is 29.7 Å². The van der Waals surface area contributed by atoms with E-state index in [2.05, 4.69) is 26.1 Å². The maximum absolute atomic E-state index is 12.9. The summed E-state index contributed by atoms with van der Waals surface area (Å²) < 4.78 is 1.66. The van der Waals surface area contributed by atoms with Crippen molar-refractivity contribution in [3.63, 3.8) is 0 Å². The third kappa shape index (κ3) is 5.42. The topological polar surface area (TPSA) is 67.2 Å². The van der Waals surface area contributed by atoms with Crippen LogP contribution in [0.5, 0.6) is 0 Å². The fourth-order valence-electron chi connectivity index (χ4n) is 3.26. The van der Waals surface area contributed by atoms with Crippen LogP contribution in [0.4, 0.5) is 5.82 Å². The summed E-state index contributed by atoms with van der Waals surface area (Å²) in [6.45, 7) is 10.9. The fourth-order valence-corrected chi connectivity index (χ4v) is 3.48. The van der Waals surface area contributed by atoms with Crippen molar-refractivity contribution in [2.75, 3.05) is 18.4 Å². The number of para-hydroxylation sites is 1. The van der Waals surface area contributed by atoms with E-state index in [1.807, 2.05) is 38.1 Å². The normalized spacial score (nSPS) is 14.1. The first kappa shape index (κ1) is 22.3. The van der Waals surface area contributed by atoms with Gasteiger partial charge in [-0.2, -0.15) is 5.10 Å². The first-order valence-corrected chi connectivity index (χ1v) is 10.9. The van der Waals surface area contributed by atoms with Crippen molar-refractivity contribution in [1.29, 1.82) is 0 Å². The Labute approximate surface area is 183 Å². The summed E-state index contributed by atoms with van der Waals surface area (Å²) in [6.07, 6.45) is 1.84. The summed E-state index contributed by atoms with van der Waals surface area (Å²) in [5, 5.41) is 8.20. The van der Waals surface area contributed by atoms with Crippen molar-refractivity contribution >= 4 is 29.2 Å². The smallest absolute Gasteiger partial charge is 0.245 e. The molecule has 162 valence electrons. The number of benzene rings is 1. The molecule has 2 amide bonds. The van der Waals surface area contributed by atoms with Gasteiger partial charge in [0.25, 0.3) is 0 Å².